The number of aromatic nitrogens is 1. The molecular formula is C10H14ClN3O3. The first-order chi connectivity index (χ1) is 7.93. The fraction of sp³-hybridized carbons (Fsp3) is 0.400. The minimum atomic E-state index is -1.30. The van der Waals surface area contributed by atoms with Crippen LogP contribution >= 0.6 is 11.6 Å². The summed E-state index contributed by atoms with van der Waals surface area (Å²) in [7, 11) is 0. The summed E-state index contributed by atoms with van der Waals surface area (Å²) in [6.45, 7) is 1.21. The van der Waals surface area contributed by atoms with Crippen molar-refractivity contribution in [2.45, 2.75) is 19.1 Å². The molecule has 0 aliphatic carbocycles. The molecule has 0 aliphatic rings. The summed E-state index contributed by atoms with van der Waals surface area (Å²) in [5.41, 5.74) is 6.03. The molecule has 0 aliphatic heterocycles. The second-order valence-corrected chi connectivity index (χ2v) is 3.91. The van der Waals surface area contributed by atoms with Gasteiger partial charge in [0.05, 0.1) is 0 Å². The molecular weight excluding hydrogens is 246 g/mol. The number of nitrogen functional groups attached to an aromatic ring is 1. The van der Waals surface area contributed by atoms with Gasteiger partial charge in [0.1, 0.15) is 17.4 Å². The highest BCUT2D eigenvalue weighted by atomic mass is 35.5. The molecule has 0 saturated carbocycles. The molecule has 0 radical (unpaired) electrons. The van der Waals surface area contributed by atoms with Crippen molar-refractivity contribution in [1.29, 1.82) is 0 Å². The van der Waals surface area contributed by atoms with Crippen LogP contribution in [0.15, 0.2) is 12.3 Å². The predicted octanol–water partition coefficient (Wildman–Crippen LogP) is -0.152. The SMILES string of the molecule is CC(=O)NCC(O)C(O)c1c(N)ccnc1Cl. The topological polar surface area (TPSA) is 108 Å². The third-order valence-corrected chi connectivity index (χ3v) is 2.50. The van der Waals surface area contributed by atoms with Crippen molar-refractivity contribution in [1.82, 2.24) is 10.3 Å². The van der Waals surface area contributed by atoms with E-state index in [1.165, 1.54) is 19.2 Å². The third-order valence-electron chi connectivity index (χ3n) is 2.20. The van der Waals surface area contributed by atoms with Gasteiger partial charge < -0.3 is 21.3 Å². The Balaban J connectivity index is 2.81. The lowest BCUT2D eigenvalue weighted by molar-refractivity contribution is -0.119. The zero-order chi connectivity index (χ0) is 13.0. The molecule has 5 N–H and O–H groups in total. The van der Waals surface area contributed by atoms with Crippen LogP contribution in [-0.2, 0) is 4.79 Å². The molecule has 1 aromatic heterocycles. The molecule has 1 heterocycles. The number of halogens is 1. The van der Waals surface area contributed by atoms with Crippen molar-refractivity contribution in [3.05, 3.63) is 23.0 Å². The van der Waals surface area contributed by atoms with E-state index >= 15 is 0 Å². The molecule has 94 valence electrons. The van der Waals surface area contributed by atoms with Gasteiger partial charge in [-0.3, -0.25) is 4.79 Å². The van der Waals surface area contributed by atoms with E-state index in [1.54, 1.807) is 0 Å². The summed E-state index contributed by atoms with van der Waals surface area (Å²) < 4.78 is 0. The Morgan fingerprint density at radius 2 is 2.29 bits per heavy atom. The molecule has 0 aromatic carbocycles. The molecule has 1 aromatic rings. The Morgan fingerprint density at radius 3 is 2.82 bits per heavy atom. The number of hydrogen-bond acceptors (Lipinski definition) is 5. The van der Waals surface area contributed by atoms with Crippen molar-refractivity contribution < 1.29 is 15.0 Å². The van der Waals surface area contributed by atoms with E-state index < -0.39 is 12.2 Å². The molecule has 2 unspecified atom stereocenters. The normalized spacial score (nSPS) is 14.1. The summed E-state index contributed by atoms with van der Waals surface area (Å²) in [5.74, 6) is -0.304. The summed E-state index contributed by atoms with van der Waals surface area (Å²) in [4.78, 5) is 14.4. The van der Waals surface area contributed by atoms with Crippen LogP contribution in [0.2, 0.25) is 5.15 Å². The standard InChI is InChI=1S/C10H14ClN3O3/c1-5(15)14-4-7(16)9(17)8-6(12)2-3-13-10(8)11/h2-3,7,9,16-17H,4H2,1H3,(H2,12,13)(H,14,15). The average Bonchev–Trinajstić information content (AvgIpc) is 2.25. The highest BCUT2D eigenvalue weighted by Gasteiger charge is 2.23. The van der Waals surface area contributed by atoms with Gasteiger partial charge in [0.25, 0.3) is 0 Å². The van der Waals surface area contributed by atoms with Crippen LogP contribution in [0.4, 0.5) is 5.69 Å². The van der Waals surface area contributed by atoms with Crippen LogP contribution in [-0.4, -0.2) is 33.8 Å². The quantitative estimate of drug-likeness (QED) is 0.562. The van der Waals surface area contributed by atoms with Gasteiger partial charge in [-0.05, 0) is 6.07 Å². The van der Waals surface area contributed by atoms with E-state index in [0.29, 0.717) is 0 Å². The Morgan fingerprint density at radius 1 is 1.65 bits per heavy atom. The Kier molecular flexibility index (Phi) is 4.68. The van der Waals surface area contributed by atoms with Crippen molar-refractivity contribution >= 4 is 23.2 Å². The summed E-state index contributed by atoms with van der Waals surface area (Å²) in [5, 5.41) is 21.9. The maximum absolute atomic E-state index is 10.7. The molecule has 2 atom stereocenters. The van der Waals surface area contributed by atoms with E-state index in [4.69, 9.17) is 17.3 Å². The molecule has 1 rings (SSSR count). The zero-order valence-electron chi connectivity index (χ0n) is 9.22. The number of carbonyl (C=O) groups is 1. The van der Waals surface area contributed by atoms with E-state index in [2.05, 4.69) is 10.3 Å². The number of aliphatic hydroxyl groups is 2. The molecule has 7 heteroatoms. The van der Waals surface area contributed by atoms with Crippen LogP contribution < -0.4 is 11.1 Å². The number of nitrogens with one attached hydrogen (secondary N) is 1. The lowest BCUT2D eigenvalue weighted by Gasteiger charge is -2.20. The first kappa shape index (κ1) is 13.7. The van der Waals surface area contributed by atoms with Crippen LogP contribution in [0.5, 0.6) is 0 Å². The number of anilines is 1. The lowest BCUT2D eigenvalue weighted by atomic mass is 10.0. The second kappa shape index (κ2) is 5.81. The molecule has 0 fully saturated rings. The monoisotopic (exact) mass is 259 g/mol. The fourth-order valence-electron chi connectivity index (χ4n) is 1.31. The predicted molar refractivity (Wildman–Crippen MR) is 63.3 cm³/mol. The van der Waals surface area contributed by atoms with Gasteiger partial charge in [0.2, 0.25) is 5.91 Å². The summed E-state index contributed by atoms with van der Waals surface area (Å²) in [6.07, 6.45) is -1.11. The van der Waals surface area contributed by atoms with Gasteiger partial charge in [0, 0.05) is 30.9 Å². The average molecular weight is 260 g/mol. The largest absolute Gasteiger partial charge is 0.398 e. The van der Waals surface area contributed by atoms with Crippen LogP contribution in [0.25, 0.3) is 0 Å². The number of amides is 1. The highest BCUT2D eigenvalue weighted by molar-refractivity contribution is 6.30. The zero-order valence-corrected chi connectivity index (χ0v) is 9.98. The molecule has 0 bridgehead atoms. The van der Waals surface area contributed by atoms with Gasteiger partial charge >= 0.3 is 0 Å². The van der Waals surface area contributed by atoms with Crippen molar-refractivity contribution in [3.8, 4) is 0 Å². The summed E-state index contributed by atoms with van der Waals surface area (Å²) in [6, 6.07) is 1.47. The van der Waals surface area contributed by atoms with Gasteiger partial charge in [0.15, 0.2) is 0 Å². The molecule has 0 spiro atoms. The van der Waals surface area contributed by atoms with E-state index in [-0.39, 0.29) is 28.9 Å². The van der Waals surface area contributed by atoms with Crippen molar-refractivity contribution in [2.75, 3.05) is 12.3 Å². The number of nitrogens with zero attached hydrogens (tertiary/aromatic N) is 1. The second-order valence-electron chi connectivity index (χ2n) is 3.55. The number of nitrogens with two attached hydrogens (primary N) is 1. The van der Waals surface area contributed by atoms with Gasteiger partial charge in [-0.1, -0.05) is 11.6 Å². The first-order valence-corrected chi connectivity index (χ1v) is 5.31. The maximum atomic E-state index is 10.7. The van der Waals surface area contributed by atoms with Gasteiger partial charge in [-0.25, -0.2) is 4.98 Å². The lowest BCUT2D eigenvalue weighted by Crippen LogP contribution is -2.34. The molecule has 1 amide bonds. The van der Waals surface area contributed by atoms with Crippen LogP contribution in [0, 0.1) is 0 Å². The molecule has 6 nitrogen and oxygen atoms in total. The number of rotatable bonds is 4. The van der Waals surface area contributed by atoms with Crippen molar-refractivity contribution in [3.63, 3.8) is 0 Å². The number of pyridine rings is 1. The Labute approximate surface area is 103 Å². The van der Waals surface area contributed by atoms with Gasteiger partial charge in [-0.2, -0.15) is 0 Å². The fourth-order valence-corrected chi connectivity index (χ4v) is 1.58. The van der Waals surface area contributed by atoms with Crippen LogP contribution in [0.3, 0.4) is 0 Å². The first-order valence-electron chi connectivity index (χ1n) is 4.94. The molecule has 17 heavy (non-hydrogen) atoms. The van der Waals surface area contributed by atoms with Gasteiger partial charge in [-0.15, -0.1) is 0 Å². The van der Waals surface area contributed by atoms with E-state index in [1.807, 2.05) is 0 Å². The molecule has 0 saturated heterocycles. The Bertz CT molecular complexity index is 394. The van der Waals surface area contributed by atoms with E-state index in [9.17, 15) is 15.0 Å². The van der Waals surface area contributed by atoms with Crippen molar-refractivity contribution in [2.24, 2.45) is 0 Å². The maximum Gasteiger partial charge on any atom is 0.216 e. The third kappa shape index (κ3) is 3.55. The van der Waals surface area contributed by atoms with Crippen LogP contribution in [0.1, 0.15) is 18.6 Å². The minimum absolute atomic E-state index is 0.0272. The highest BCUT2D eigenvalue weighted by Crippen LogP contribution is 2.28. The number of hydrogen-bond donors (Lipinski definition) is 4. The van der Waals surface area contributed by atoms with E-state index in [0.717, 1.165) is 0 Å². The Hall–Kier alpha value is -1.37. The number of carbonyl (C=O) groups excluding carboxylic acids is 1. The summed E-state index contributed by atoms with van der Waals surface area (Å²) >= 11 is 5.78. The minimum Gasteiger partial charge on any atom is -0.398 e. The number of aliphatic hydroxyl groups excluding tert-OH is 2. The smallest absolute Gasteiger partial charge is 0.216 e.